The van der Waals surface area contributed by atoms with Crippen molar-refractivity contribution in [3.63, 3.8) is 0 Å². The summed E-state index contributed by atoms with van der Waals surface area (Å²) in [5.41, 5.74) is 10.1. The number of fused-ring (bicyclic) bond motifs is 3. The average Bonchev–Trinajstić information content (AvgIpc) is 2.68. The second kappa shape index (κ2) is 3.63. The number of hydrogen-bond acceptors (Lipinski definition) is 2. The smallest absolute Gasteiger partial charge is 0.284 e. The highest BCUT2D eigenvalue weighted by molar-refractivity contribution is 5.80. The molecule has 3 heteroatoms. The first-order valence-electron chi connectivity index (χ1n) is 5.48. The van der Waals surface area contributed by atoms with Crippen LogP contribution in [0.3, 0.4) is 0 Å². The van der Waals surface area contributed by atoms with Gasteiger partial charge in [0.25, 0.3) is 6.02 Å². The van der Waals surface area contributed by atoms with Crippen LogP contribution >= 0.6 is 0 Å². The molecule has 0 saturated carbocycles. The quantitative estimate of drug-likeness (QED) is 0.493. The second-order valence-corrected chi connectivity index (χ2v) is 4.08. The van der Waals surface area contributed by atoms with Crippen LogP contribution in [0.1, 0.15) is 11.1 Å². The predicted octanol–water partition coefficient (Wildman–Crippen LogP) is 2.53. The molecule has 3 rings (SSSR count). The normalized spacial score (nSPS) is 11.8. The molecular weight excluding hydrogens is 212 g/mol. The number of amidine groups is 1. The third-order valence-corrected chi connectivity index (χ3v) is 3.03. The Morgan fingerprint density at radius 1 is 1.06 bits per heavy atom. The van der Waals surface area contributed by atoms with Crippen molar-refractivity contribution in [3.05, 3.63) is 53.6 Å². The van der Waals surface area contributed by atoms with Gasteiger partial charge in [0.2, 0.25) is 0 Å². The molecule has 0 atom stereocenters. The van der Waals surface area contributed by atoms with Gasteiger partial charge in [0.05, 0.1) is 0 Å². The van der Waals surface area contributed by atoms with Gasteiger partial charge in [-0.2, -0.15) is 0 Å². The Bertz CT molecular complexity index is 605. The fraction of sp³-hybridized carbons (Fsp3) is 0.0714. The molecule has 0 radical (unpaired) electrons. The first kappa shape index (κ1) is 9.90. The topological polar surface area (TPSA) is 59.1 Å². The molecule has 84 valence electrons. The maximum atomic E-state index is 7.21. The van der Waals surface area contributed by atoms with E-state index in [0.717, 1.165) is 12.0 Å². The van der Waals surface area contributed by atoms with Gasteiger partial charge in [-0.1, -0.05) is 36.4 Å². The van der Waals surface area contributed by atoms with E-state index in [9.17, 15) is 0 Å². The first-order chi connectivity index (χ1) is 8.25. The molecule has 0 aliphatic heterocycles. The Hall–Kier alpha value is -2.29. The van der Waals surface area contributed by atoms with Crippen LogP contribution in [0.2, 0.25) is 0 Å². The van der Waals surface area contributed by atoms with E-state index in [4.69, 9.17) is 15.9 Å². The molecule has 3 N–H and O–H groups in total. The van der Waals surface area contributed by atoms with Crippen LogP contribution < -0.4 is 10.5 Å². The van der Waals surface area contributed by atoms with Crippen LogP contribution in [0.25, 0.3) is 11.1 Å². The minimum Gasteiger partial charge on any atom is -0.426 e. The number of rotatable bonds is 1. The number of hydrogen-bond donors (Lipinski definition) is 2. The third-order valence-electron chi connectivity index (χ3n) is 3.03. The fourth-order valence-corrected chi connectivity index (χ4v) is 2.34. The molecule has 1 aliphatic rings. The molecule has 1 aliphatic carbocycles. The highest BCUT2D eigenvalue weighted by Crippen LogP contribution is 2.40. The summed E-state index contributed by atoms with van der Waals surface area (Å²) in [5, 5.41) is 7.21. The molecule has 0 amide bonds. The molecule has 2 aromatic carbocycles. The maximum Gasteiger partial charge on any atom is 0.284 e. The zero-order valence-electron chi connectivity index (χ0n) is 9.23. The van der Waals surface area contributed by atoms with Crippen LogP contribution in [0.5, 0.6) is 5.75 Å². The van der Waals surface area contributed by atoms with Gasteiger partial charge in [-0.05, 0) is 22.8 Å². The molecule has 17 heavy (non-hydrogen) atoms. The van der Waals surface area contributed by atoms with Gasteiger partial charge < -0.3 is 10.5 Å². The lowest BCUT2D eigenvalue weighted by molar-refractivity contribution is 0.532. The molecule has 0 aromatic heterocycles. The molecule has 0 unspecified atom stereocenters. The molecule has 0 bridgehead atoms. The van der Waals surface area contributed by atoms with Crippen molar-refractivity contribution in [2.24, 2.45) is 5.73 Å². The van der Waals surface area contributed by atoms with E-state index in [1.54, 1.807) is 0 Å². The Morgan fingerprint density at radius 2 is 1.82 bits per heavy atom. The van der Waals surface area contributed by atoms with E-state index < -0.39 is 0 Å². The summed E-state index contributed by atoms with van der Waals surface area (Å²) < 4.78 is 5.25. The van der Waals surface area contributed by atoms with Crippen LogP contribution in [0, 0.1) is 5.41 Å². The van der Waals surface area contributed by atoms with Crippen molar-refractivity contribution >= 4 is 6.02 Å². The van der Waals surface area contributed by atoms with Gasteiger partial charge in [0.15, 0.2) is 0 Å². The van der Waals surface area contributed by atoms with Gasteiger partial charge in [-0.3, -0.25) is 5.41 Å². The Labute approximate surface area is 99.4 Å². The van der Waals surface area contributed by atoms with Crippen LogP contribution in [0.4, 0.5) is 0 Å². The van der Waals surface area contributed by atoms with Crippen LogP contribution in [-0.4, -0.2) is 6.02 Å². The van der Waals surface area contributed by atoms with E-state index in [2.05, 4.69) is 18.2 Å². The standard InChI is InChI=1S/C14H12N2O/c15-14(16)17-13-7-3-6-11-10-5-2-1-4-9(10)8-12(11)13/h1-7H,8H2,(H3,15,16). The number of nitrogens with one attached hydrogen (secondary N) is 1. The minimum atomic E-state index is -0.269. The van der Waals surface area contributed by atoms with Crippen molar-refractivity contribution in [3.8, 4) is 16.9 Å². The Kier molecular flexibility index (Phi) is 2.11. The Morgan fingerprint density at radius 3 is 2.65 bits per heavy atom. The van der Waals surface area contributed by atoms with E-state index in [1.165, 1.54) is 16.7 Å². The lowest BCUT2D eigenvalue weighted by Gasteiger charge is -2.08. The van der Waals surface area contributed by atoms with Gasteiger partial charge >= 0.3 is 0 Å². The highest BCUT2D eigenvalue weighted by Gasteiger charge is 2.21. The average molecular weight is 224 g/mol. The summed E-state index contributed by atoms with van der Waals surface area (Å²) in [6.07, 6.45) is 0.842. The summed E-state index contributed by atoms with van der Waals surface area (Å²) >= 11 is 0. The molecule has 3 nitrogen and oxygen atoms in total. The molecule has 0 fully saturated rings. The number of nitrogens with two attached hydrogens (primary N) is 1. The zero-order valence-corrected chi connectivity index (χ0v) is 9.23. The van der Waals surface area contributed by atoms with E-state index >= 15 is 0 Å². The van der Waals surface area contributed by atoms with E-state index in [1.807, 2.05) is 24.3 Å². The van der Waals surface area contributed by atoms with Gasteiger partial charge in [-0.25, -0.2) is 0 Å². The summed E-state index contributed by atoms with van der Waals surface area (Å²) in [6, 6.07) is 13.9. The predicted molar refractivity (Wildman–Crippen MR) is 67.2 cm³/mol. The first-order valence-corrected chi connectivity index (χ1v) is 5.48. The van der Waals surface area contributed by atoms with Crippen molar-refractivity contribution in [2.75, 3.05) is 0 Å². The molecule has 2 aromatic rings. The fourth-order valence-electron chi connectivity index (χ4n) is 2.34. The third kappa shape index (κ3) is 1.56. The lowest BCUT2D eigenvalue weighted by Crippen LogP contribution is -2.18. The molecule has 0 saturated heterocycles. The van der Waals surface area contributed by atoms with Crippen molar-refractivity contribution in [1.82, 2.24) is 0 Å². The summed E-state index contributed by atoms with van der Waals surface area (Å²) in [6.45, 7) is 0. The van der Waals surface area contributed by atoms with Gasteiger partial charge in [0.1, 0.15) is 5.75 Å². The van der Waals surface area contributed by atoms with Crippen molar-refractivity contribution in [2.45, 2.75) is 6.42 Å². The van der Waals surface area contributed by atoms with Crippen molar-refractivity contribution in [1.29, 1.82) is 5.41 Å². The zero-order chi connectivity index (χ0) is 11.8. The molecule has 0 heterocycles. The number of ether oxygens (including phenoxy) is 1. The summed E-state index contributed by atoms with van der Waals surface area (Å²) in [7, 11) is 0. The summed E-state index contributed by atoms with van der Waals surface area (Å²) in [4.78, 5) is 0. The largest absolute Gasteiger partial charge is 0.426 e. The molecule has 0 spiro atoms. The highest BCUT2D eigenvalue weighted by atomic mass is 16.5. The monoisotopic (exact) mass is 224 g/mol. The van der Waals surface area contributed by atoms with Crippen LogP contribution in [0.15, 0.2) is 42.5 Å². The SMILES string of the molecule is N=C(N)Oc1cccc2c1Cc1ccccc1-2. The maximum absolute atomic E-state index is 7.21. The minimum absolute atomic E-state index is 0.269. The summed E-state index contributed by atoms with van der Waals surface area (Å²) in [5.74, 6) is 0.686. The van der Waals surface area contributed by atoms with Gasteiger partial charge in [-0.15, -0.1) is 0 Å². The number of benzene rings is 2. The second-order valence-electron chi connectivity index (χ2n) is 4.08. The van der Waals surface area contributed by atoms with Crippen LogP contribution in [-0.2, 0) is 6.42 Å². The van der Waals surface area contributed by atoms with E-state index in [0.29, 0.717) is 5.75 Å². The van der Waals surface area contributed by atoms with Gasteiger partial charge in [0, 0.05) is 12.0 Å². The van der Waals surface area contributed by atoms with E-state index in [-0.39, 0.29) is 6.02 Å². The molecular formula is C14H12N2O. The Balaban J connectivity index is 2.14. The lowest BCUT2D eigenvalue weighted by atomic mass is 10.1. The van der Waals surface area contributed by atoms with Crippen molar-refractivity contribution < 1.29 is 4.74 Å².